The molecule has 1 aliphatic heterocycles. The zero-order chi connectivity index (χ0) is 19.4. The molecular formula is C20H23BrN4O2. The van der Waals surface area contributed by atoms with Crippen LogP contribution >= 0.6 is 15.9 Å². The number of benzene rings is 1. The maximum absolute atomic E-state index is 12.8. The lowest BCUT2D eigenvalue weighted by Gasteiger charge is -2.31. The molecule has 142 valence electrons. The predicted molar refractivity (Wildman–Crippen MR) is 110 cm³/mol. The Morgan fingerprint density at radius 3 is 2.56 bits per heavy atom. The van der Waals surface area contributed by atoms with Crippen LogP contribution in [0.4, 0.5) is 11.5 Å². The van der Waals surface area contributed by atoms with Gasteiger partial charge in [-0.3, -0.25) is 9.59 Å². The number of hydrogen-bond donors (Lipinski definition) is 1. The summed E-state index contributed by atoms with van der Waals surface area (Å²) in [5, 5.41) is 2.85. The van der Waals surface area contributed by atoms with E-state index < -0.39 is 0 Å². The van der Waals surface area contributed by atoms with Crippen molar-refractivity contribution in [1.82, 2.24) is 9.88 Å². The van der Waals surface area contributed by atoms with Crippen LogP contribution in [0.15, 0.2) is 47.1 Å². The highest BCUT2D eigenvalue weighted by Crippen LogP contribution is 2.22. The van der Waals surface area contributed by atoms with Crippen LogP contribution in [0.5, 0.6) is 0 Å². The Labute approximate surface area is 167 Å². The minimum atomic E-state index is -0.104. The number of hydrogen-bond acceptors (Lipinski definition) is 4. The van der Waals surface area contributed by atoms with E-state index >= 15 is 0 Å². The van der Waals surface area contributed by atoms with Gasteiger partial charge in [-0.15, -0.1) is 0 Å². The molecule has 0 saturated carbocycles. The first-order valence-corrected chi connectivity index (χ1v) is 9.72. The van der Waals surface area contributed by atoms with Crippen molar-refractivity contribution in [3.63, 3.8) is 0 Å². The van der Waals surface area contributed by atoms with Crippen molar-refractivity contribution < 1.29 is 9.59 Å². The second-order valence-corrected chi connectivity index (χ2v) is 7.78. The number of halogens is 1. The number of anilines is 2. The van der Waals surface area contributed by atoms with Gasteiger partial charge >= 0.3 is 0 Å². The first-order chi connectivity index (χ1) is 12.9. The first-order valence-electron chi connectivity index (χ1n) is 8.93. The number of piperidine rings is 1. The van der Waals surface area contributed by atoms with Gasteiger partial charge < -0.3 is 15.1 Å². The van der Waals surface area contributed by atoms with E-state index in [-0.39, 0.29) is 17.7 Å². The molecule has 2 amide bonds. The second kappa shape index (κ2) is 8.52. The highest BCUT2D eigenvalue weighted by molar-refractivity contribution is 9.10. The fourth-order valence-electron chi connectivity index (χ4n) is 3.12. The van der Waals surface area contributed by atoms with Gasteiger partial charge in [0.25, 0.3) is 5.91 Å². The lowest BCUT2D eigenvalue weighted by Crippen LogP contribution is -2.41. The summed E-state index contributed by atoms with van der Waals surface area (Å²) in [7, 11) is 3.90. The van der Waals surface area contributed by atoms with E-state index in [4.69, 9.17) is 0 Å². The van der Waals surface area contributed by atoms with E-state index in [1.165, 1.54) is 0 Å². The van der Waals surface area contributed by atoms with Gasteiger partial charge in [0.1, 0.15) is 5.82 Å². The van der Waals surface area contributed by atoms with Crippen molar-refractivity contribution in [2.24, 2.45) is 5.92 Å². The summed E-state index contributed by atoms with van der Waals surface area (Å²) >= 11 is 3.32. The third-order valence-electron chi connectivity index (χ3n) is 4.74. The van der Waals surface area contributed by atoms with E-state index in [1.54, 1.807) is 12.3 Å². The van der Waals surface area contributed by atoms with Gasteiger partial charge in [-0.2, -0.15) is 0 Å². The first kappa shape index (κ1) is 19.4. The molecule has 1 saturated heterocycles. The maximum atomic E-state index is 12.8. The maximum Gasteiger partial charge on any atom is 0.253 e. The van der Waals surface area contributed by atoms with Crippen molar-refractivity contribution in [1.29, 1.82) is 0 Å². The van der Waals surface area contributed by atoms with Crippen LogP contribution in [-0.4, -0.2) is 48.9 Å². The van der Waals surface area contributed by atoms with Gasteiger partial charge in [0.15, 0.2) is 0 Å². The summed E-state index contributed by atoms with van der Waals surface area (Å²) in [6.45, 7) is 1.16. The average Bonchev–Trinajstić information content (AvgIpc) is 2.69. The van der Waals surface area contributed by atoms with Crippen molar-refractivity contribution in [2.45, 2.75) is 12.8 Å². The summed E-state index contributed by atoms with van der Waals surface area (Å²) < 4.78 is 0.866. The number of nitrogens with one attached hydrogen (secondary N) is 1. The van der Waals surface area contributed by atoms with Crippen LogP contribution < -0.4 is 10.2 Å². The molecule has 1 fully saturated rings. The minimum Gasteiger partial charge on any atom is -0.378 e. The van der Waals surface area contributed by atoms with Gasteiger partial charge in [-0.05, 0) is 59.1 Å². The third kappa shape index (κ3) is 4.86. The van der Waals surface area contributed by atoms with Crippen LogP contribution in [0.1, 0.15) is 23.2 Å². The molecule has 2 aromatic rings. The molecule has 6 nitrogen and oxygen atoms in total. The normalized spacial score (nSPS) is 14.7. The lowest BCUT2D eigenvalue weighted by atomic mass is 9.95. The molecule has 1 N–H and O–H groups in total. The zero-order valence-electron chi connectivity index (χ0n) is 15.5. The SMILES string of the molecule is CN(C)c1cccc(C(=O)N2CCC(C(=O)Nc3ccc(Br)cn3)CC2)c1. The van der Waals surface area contributed by atoms with E-state index in [2.05, 4.69) is 26.2 Å². The fourth-order valence-corrected chi connectivity index (χ4v) is 3.36. The Hall–Kier alpha value is -2.41. The van der Waals surface area contributed by atoms with Crippen molar-refractivity contribution in [2.75, 3.05) is 37.4 Å². The Bertz CT molecular complexity index is 815. The summed E-state index contributed by atoms with van der Waals surface area (Å²) in [6.07, 6.45) is 2.96. The van der Waals surface area contributed by atoms with Gasteiger partial charge in [0, 0.05) is 55.0 Å². The topological polar surface area (TPSA) is 65.5 Å². The van der Waals surface area contributed by atoms with Crippen molar-refractivity contribution in [3.05, 3.63) is 52.6 Å². The van der Waals surface area contributed by atoms with Gasteiger partial charge in [-0.1, -0.05) is 6.07 Å². The van der Waals surface area contributed by atoms with Crippen molar-refractivity contribution >= 4 is 39.2 Å². The van der Waals surface area contributed by atoms with E-state index in [0.717, 1.165) is 10.2 Å². The molecule has 0 unspecified atom stereocenters. The molecule has 1 aromatic carbocycles. The summed E-state index contributed by atoms with van der Waals surface area (Å²) in [6, 6.07) is 11.2. The molecule has 3 rings (SSSR count). The zero-order valence-corrected chi connectivity index (χ0v) is 17.1. The molecule has 0 spiro atoms. The van der Waals surface area contributed by atoms with Crippen LogP contribution in [-0.2, 0) is 4.79 Å². The molecular weight excluding hydrogens is 408 g/mol. The average molecular weight is 431 g/mol. The molecule has 0 atom stereocenters. The molecule has 1 aromatic heterocycles. The highest BCUT2D eigenvalue weighted by Gasteiger charge is 2.28. The number of aromatic nitrogens is 1. The second-order valence-electron chi connectivity index (χ2n) is 6.86. The van der Waals surface area contributed by atoms with E-state index in [0.29, 0.717) is 37.3 Å². The number of pyridine rings is 1. The Morgan fingerprint density at radius 2 is 1.93 bits per heavy atom. The predicted octanol–water partition coefficient (Wildman–Crippen LogP) is 3.40. The van der Waals surface area contributed by atoms with Crippen molar-refractivity contribution in [3.8, 4) is 0 Å². The van der Waals surface area contributed by atoms with Crippen LogP contribution in [0.2, 0.25) is 0 Å². The lowest BCUT2D eigenvalue weighted by molar-refractivity contribution is -0.121. The highest BCUT2D eigenvalue weighted by atomic mass is 79.9. The van der Waals surface area contributed by atoms with E-state index in [9.17, 15) is 9.59 Å². The van der Waals surface area contributed by atoms with Crippen LogP contribution in [0.3, 0.4) is 0 Å². The number of likely N-dealkylation sites (tertiary alicyclic amines) is 1. The Balaban J connectivity index is 1.56. The third-order valence-corrected chi connectivity index (χ3v) is 5.21. The number of amides is 2. The fraction of sp³-hybridized carbons (Fsp3) is 0.350. The Kier molecular flexibility index (Phi) is 6.11. The van der Waals surface area contributed by atoms with Gasteiger partial charge in [-0.25, -0.2) is 4.98 Å². The minimum absolute atomic E-state index is 0.0205. The largest absolute Gasteiger partial charge is 0.378 e. The van der Waals surface area contributed by atoms with E-state index in [1.807, 2.05) is 54.2 Å². The number of carbonyl (C=O) groups excluding carboxylic acids is 2. The van der Waals surface area contributed by atoms with Gasteiger partial charge in [0.05, 0.1) is 0 Å². The molecule has 7 heteroatoms. The summed E-state index contributed by atoms with van der Waals surface area (Å²) in [4.78, 5) is 33.2. The van der Waals surface area contributed by atoms with Crippen LogP contribution in [0.25, 0.3) is 0 Å². The monoisotopic (exact) mass is 430 g/mol. The molecule has 2 heterocycles. The van der Waals surface area contributed by atoms with Crippen LogP contribution in [0, 0.1) is 5.92 Å². The molecule has 0 radical (unpaired) electrons. The number of nitrogens with zero attached hydrogens (tertiary/aromatic N) is 3. The number of rotatable bonds is 4. The molecule has 0 aliphatic carbocycles. The molecule has 0 bridgehead atoms. The number of carbonyl (C=O) groups is 2. The summed E-state index contributed by atoms with van der Waals surface area (Å²) in [5.41, 5.74) is 1.68. The Morgan fingerprint density at radius 1 is 1.19 bits per heavy atom. The molecule has 1 aliphatic rings. The molecule has 27 heavy (non-hydrogen) atoms. The smallest absolute Gasteiger partial charge is 0.253 e. The quantitative estimate of drug-likeness (QED) is 0.806. The standard InChI is InChI=1S/C20H23BrN4O2/c1-24(2)17-5-3-4-15(12-17)20(27)25-10-8-14(9-11-25)19(26)23-18-7-6-16(21)13-22-18/h3-7,12-14H,8-11H2,1-2H3,(H,22,23,26). The van der Waals surface area contributed by atoms with Gasteiger partial charge in [0.2, 0.25) is 5.91 Å². The summed E-state index contributed by atoms with van der Waals surface area (Å²) in [5.74, 6) is 0.425.